The molecule has 0 saturated carbocycles. The molecule has 0 N–H and O–H groups in total. The summed E-state index contributed by atoms with van der Waals surface area (Å²) in [5, 5.41) is 0. The van der Waals surface area contributed by atoms with Crippen molar-refractivity contribution in [1.82, 2.24) is 0 Å². The minimum atomic E-state index is -0.987. The van der Waals surface area contributed by atoms with Crippen LogP contribution in [0.4, 0.5) is 0 Å². The summed E-state index contributed by atoms with van der Waals surface area (Å²) >= 11 is 0. The lowest BCUT2D eigenvalue weighted by Crippen LogP contribution is -2.41. The largest absolute Gasteiger partial charge is 0.473 e. The number of esters is 5. The summed E-state index contributed by atoms with van der Waals surface area (Å²) in [5.74, 6) is -2.46. The van der Waals surface area contributed by atoms with Crippen LogP contribution in [0.2, 0.25) is 0 Å². The molecule has 0 aliphatic carbocycles. The molecule has 0 amide bonds. The zero-order valence-electron chi connectivity index (χ0n) is 20.6. The first-order valence-corrected chi connectivity index (χ1v) is 12.2. The Morgan fingerprint density at radius 1 is 0.769 bits per heavy atom. The van der Waals surface area contributed by atoms with Crippen LogP contribution >= 0.6 is 0 Å². The van der Waals surface area contributed by atoms with Crippen molar-refractivity contribution in [3.63, 3.8) is 0 Å². The fraction of sp³-hybridized carbons (Fsp3) is 0.407. The lowest BCUT2D eigenvalue weighted by molar-refractivity contribution is -0.156. The molecular formula is C27H24O12. The van der Waals surface area contributed by atoms with E-state index in [2.05, 4.69) is 20.5 Å². The molecule has 8 rings (SSSR count). The smallest absolute Gasteiger partial charge is 0.341 e. The van der Waals surface area contributed by atoms with E-state index in [1.807, 2.05) is 30.4 Å². The molecule has 4 bridgehead atoms. The van der Waals surface area contributed by atoms with Crippen LogP contribution in [0.25, 0.3) is 0 Å². The molecule has 0 radical (unpaired) electrons. The van der Waals surface area contributed by atoms with E-state index in [1.54, 1.807) is 18.6 Å². The highest BCUT2D eigenvalue weighted by atomic mass is 16.6. The normalized spacial score (nSPS) is 35.9. The van der Waals surface area contributed by atoms with Crippen molar-refractivity contribution < 1.29 is 56.9 Å². The van der Waals surface area contributed by atoms with Crippen LogP contribution in [0.15, 0.2) is 65.5 Å². The third-order valence-corrected chi connectivity index (χ3v) is 7.31. The first-order valence-electron chi connectivity index (χ1n) is 12.2. The lowest BCUT2D eigenvalue weighted by Gasteiger charge is -2.21. The Labute approximate surface area is 221 Å². The number of carbonyl (C=O) groups excluding carboxylic acids is 6. The van der Waals surface area contributed by atoms with Crippen molar-refractivity contribution in [1.29, 1.82) is 0 Å². The topological polar surface area (TPSA) is 162 Å². The minimum absolute atomic E-state index is 0.00319. The maximum atomic E-state index is 11.5. The fourth-order valence-corrected chi connectivity index (χ4v) is 5.35. The molecule has 204 valence electrons. The Morgan fingerprint density at radius 3 is 1.77 bits per heavy atom. The van der Waals surface area contributed by atoms with Gasteiger partial charge in [0.25, 0.3) is 0 Å². The van der Waals surface area contributed by atoms with Crippen LogP contribution in [-0.2, 0) is 52.5 Å². The summed E-state index contributed by atoms with van der Waals surface area (Å²) in [6, 6.07) is 3.67. The van der Waals surface area contributed by atoms with Crippen molar-refractivity contribution >= 4 is 35.6 Å². The highest BCUT2D eigenvalue weighted by Crippen LogP contribution is 2.50. The molecular weight excluding hydrogens is 516 g/mol. The second kappa shape index (κ2) is 10.2. The Kier molecular flexibility index (Phi) is 6.91. The SMILES string of the molecule is C=C1CC(=O)OC1=O.O=C1CC2(CC3C=CC2O3)C(=O)O1.O=C1COC(=O)C12CC1C=CC2O1.c1ccoc1. The highest BCUT2D eigenvalue weighted by Gasteiger charge is 2.64. The third-order valence-electron chi connectivity index (χ3n) is 7.31. The number of carbonyl (C=O) groups is 6. The van der Waals surface area contributed by atoms with E-state index >= 15 is 0 Å². The van der Waals surface area contributed by atoms with Crippen molar-refractivity contribution in [3.05, 3.63) is 61.1 Å². The Hall–Kier alpha value is -4.16. The van der Waals surface area contributed by atoms with Gasteiger partial charge in [-0.1, -0.05) is 30.9 Å². The third kappa shape index (κ3) is 4.77. The predicted molar refractivity (Wildman–Crippen MR) is 125 cm³/mol. The van der Waals surface area contributed by atoms with Gasteiger partial charge >= 0.3 is 29.8 Å². The number of Topliss-reactive ketones (excluding diaryl/α,β-unsaturated/α-hetero) is 1. The molecule has 5 fully saturated rings. The van der Waals surface area contributed by atoms with Crippen molar-refractivity contribution in [2.75, 3.05) is 6.61 Å². The molecule has 0 aromatic carbocycles. The summed E-state index contributed by atoms with van der Waals surface area (Å²) in [6.45, 7) is 3.21. The number of hydrogen-bond acceptors (Lipinski definition) is 12. The quantitative estimate of drug-likeness (QED) is 0.153. The summed E-state index contributed by atoms with van der Waals surface area (Å²) in [5.41, 5.74) is -1.43. The van der Waals surface area contributed by atoms with Gasteiger partial charge in [0.15, 0.2) is 17.8 Å². The van der Waals surface area contributed by atoms with E-state index in [9.17, 15) is 28.8 Å². The number of fused-ring (bicyclic) bond motifs is 6. The number of furan rings is 1. The van der Waals surface area contributed by atoms with Crippen molar-refractivity contribution in [2.24, 2.45) is 10.8 Å². The minimum Gasteiger partial charge on any atom is -0.473 e. The van der Waals surface area contributed by atoms with Gasteiger partial charge in [-0.15, -0.1) is 0 Å². The summed E-state index contributed by atoms with van der Waals surface area (Å²) in [7, 11) is 0. The van der Waals surface area contributed by atoms with Crippen LogP contribution in [0.1, 0.15) is 25.7 Å². The van der Waals surface area contributed by atoms with Crippen molar-refractivity contribution in [3.8, 4) is 0 Å². The first kappa shape index (κ1) is 26.4. The van der Waals surface area contributed by atoms with E-state index in [0.717, 1.165) is 0 Å². The lowest BCUT2D eigenvalue weighted by atomic mass is 9.75. The highest BCUT2D eigenvalue weighted by molar-refractivity contribution is 6.10. The van der Waals surface area contributed by atoms with Gasteiger partial charge in [-0.2, -0.15) is 0 Å². The van der Waals surface area contributed by atoms with Gasteiger partial charge in [0.1, 0.15) is 5.41 Å². The van der Waals surface area contributed by atoms with Crippen LogP contribution in [-0.4, -0.2) is 66.7 Å². The Balaban J connectivity index is 0.000000112. The molecule has 8 heterocycles. The number of ketones is 1. The average Bonchev–Trinajstić information content (AvgIpc) is 3.74. The van der Waals surface area contributed by atoms with Crippen LogP contribution in [0, 0.1) is 10.8 Å². The second-order valence-electron chi connectivity index (χ2n) is 9.77. The molecule has 7 aliphatic heterocycles. The second-order valence-corrected chi connectivity index (χ2v) is 9.77. The first-order chi connectivity index (χ1) is 18.6. The Morgan fingerprint density at radius 2 is 1.44 bits per heavy atom. The monoisotopic (exact) mass is 540 g/mol. The number of rotatable bonds is 0. The average molecular weight is 540 g/mol. The number of ether oxygens (including phenoxy) is 5. The van der Waals surface area contributed by atoms with Gasteiger partial charge < -0.3 is 28.1 Å². The van der Waals surface area contributed by atoms with Gasteiger partial charge in [-0.3, -0.25) is 24.0 Å². The van der Waals surface area contributed by atoms with Crippen LogP contribution in [0.3, 0.4) is 0 Å². The summed E-state index contributed by atoms with van der Waals surface area (Å²) < 4.78 is 28.9. The van der Waals surface area contributed by atoms with Gasteiger partial charge in [0.2, 0.25) is 0 Å². The molecule has 12 heteroatoms. The fourth-order valence-electron chi connectivity index (χ4n) is 5.35. The van der Waals surface area contributed by atoms with E-state index in [1.165, 1.54) is 0 Å². The predicted octanol–water partition coefficient (Wildman–Crippen LogP) is 1.30. The van der Waals surface area contributed by atoms with Gasteiger partial charge in [0.05, 0.1) is 49.8 Å². The molecule has 1 aromatic rings. The van der Waals surface area contributed by atoms with Crippen molar-refractivity contribution in [2.45, 2.75) is 50.1 Å². The molecule has 7 aliphatic rings. The molecule has 39 heavy (non-hydrogen) atoms. The summed E-state index contributed by atoms with van der Waals surface area (Å²) in [4.78, 5) is 65.8. The zero-order chi connectivity index (χ0) is 27.8. The van der Waals surface area contributed by atoms with E-state index in [4.69, 9.17) is 14.2 Å². The molecule has 5 saturated heterocycles. The van der Waals surface area contributed by atoms with E-state index in [-0.39, 0.29) is 55.2 Å². The Bertz CT molecular complexity index is 1230. The maximum Gasteiger partial charge on any atom is 0.341 e. The van der Waals surface area contributed by atoms with E-state index in [0.29, 0.717) is 12.8 Å². The number of cyclic esters (lactones) is 5. The van der Waals surface area contributed by atoms with Crippen LogP contribution < -0.4 is 0 Å². The molecule has 6 atom stereocenters. The molecule has 12 nitrogen and oxygen atoms in total. The standard InChI is InChI=1S/2C9H8O4.C5H4O3.C4H4O/c10-6-4-12-8(11)9(6)3-5-1-2-7(9)13-5;10-7-4-9(8(11)13-7)3-5-1-2-6(9)12-5;1-3-2-4(6)8-5(3)7;1-2-4-5-3-1/h1-2,5,7H,3-4H2;1-2,5-6H,3-4H2;1-2H2;1-4H. The summed E-state index contributed by atoms with van der Waals surface area (Å²) in [6.07, 6.45) is 11.3. The van der Waals surface area contributed by atoms with Gasteiger partial charge in [-0.05, 0) is 18.6 Å². The maximum absolute atomic E-state index is 11.5. The number of hydrogen-bond donors (Lipinski definition) is 0. The zero-order valence-corrected chi connectivity index (χ0v) is 20.6. The van der Waals surface area contributed by atoms with Gasteiger partial charge in [0, 0.05) is 12.0 Å². The molecule has 2 spiro atoms. The van der Waals surface area contributed by atoms with Gasteiger partial charge in [-0.25, -0.2) is 4.79 Å². The molecule has 1 aromatic heterocycles. The van der Waals surface area contributed by atoms with E-state index < -0.39 is 40.7 Å². The van der Waals surface area contributed by atoms with Crippen LogP contribution in [0.5, 0.6) is 0 Å². The molecule has 6 unspecified atom stereocenters.